The van der Waals surface area contributed by atoms with Crippen LogP contribution in [0, 0.1) is 5.92 Å². The van der Waals surface area contributed by atoms with Crippen LogP contribution in [0.5, 0.6) is 0 Å². The highest BCUT2D eigenvalue weighted by Gasteiger charge is 2.24. The highest BCUT2D eigenvalue weighted by molar-refractivity contribution is 5.78. The highest BCUT2D eigenvalue weighted by Crippen LogP contribution is 2.20. The van der Waals surface area contributed by atoms with Gasteiger partial charge in [-0.3, -0.25) is 4.79 Å². The fraction of sp³-hybridized carbons (Fsp3) is 0.933. The van der Waals surface area contributed by atoms with Gasteiger partial charge in [0.2, 0.25) is 5.91 Å². The standard InChI is InChI=1S/C15H30N2O/c1-4-6-12(7-5-2)15(18)17-14-10-8-13(16-3)9-11-14/h12-14,16H,4-11H2,1-3H3,(H,17,18). The van der Waals surface area contributed by atoms with E-state index in [4.69, 9.17) is 0 Å². The second kappa shape index (κ2) is 8.52. The minimum absolute atomic E-state index is 0.238. The molecule has 106 valence electrons. The number of hydrogen-bond acceptors (Lipinski definition) is 2. The van der Waals surface area contributed by atoms with Crippen molar-refractivity contribution in [2.75, 3.05) is 7.05 Å². The van der Waals surface area contributed by atoms with Crippen molar-refractivity contribution in [1.29, 1.82) is 0 Å². The molecule has 0 radical (unpaired) electrons. The molecule has 1 rings (SSSR count). The minimum Gasteiger partial charge on any atom is -0.353 e. The lowest BCUT2D eigenvalue weighted by atomic mass is 9.90. The summed E-state index contributed by atoms with van der Waals surface area (Å²) in [7, 11) is 2.03. The van der Waals surface area contributed by atoms with E-state index in [1.54, 1.807) is 0 Å². The molecular weight excluding hydrogens is 224 g/mol. The summed E-state index contributed by atoms with van der Waals surface area (Å²) in [5, 5.41) is 6.59. The Labute approximate surface area is 112 Å². The average Bonchev–Trinajstić information content (AvgIpc) is 2.39. The largest absolute Gasteiger partial charge is 0.353 e. The second-order valence-electron chi connectivity index (χ2n) is 5.62. The molecule has 1 aliphatic carbocycles. The summed E-state index contributed by atoms with van der Waals surface area (Å²) in [6.45, 7) is 4.32. The zero-order valence-electron chi connectivity index (χ0n) is 12.3. The van der Waals surface area contributed by atoms with Gasteiger partial charge in [0.25, 0.3) is 0 Å². The predicted molar refractivity (Wildman–Crippen MR) is 76.6 cm³/mol. The Kier molecular flexibility index (Phi) is 7.33. The SMILES string of the molecule is CCCC(CCC)C(=O)NC1CCC(NC)CC1. The molecule has 0 heterocycles. The fourth-order valence-corrected chi connectivity index (χ4v) is 2.95. The lowest BCUT2D eigenvalue weighted by Gasteiger charge is -2.30. The third-order valence-corrected chi connectivity index (χ3v) is 4.13. The van der Waals surface area contributed by atoms with Crippen LogP contribution < -0.4 is 10.6 Å². The molecule has 1 saturated carbocycles. The maximum Gasteiger partial charge on any atom is 0.223 e. The zero-order valence-corrected chi connectivity index (χ0v) is 12.3. The van der Waals surface area contributed by atoms with E-state index >= 15 is 0 Å². The molecule has 0 spiro atoms. The van der Waals surface area contributed by atoms with E-state index in [0.29, 0.717) is 18.0 Å². The molecule has 0 unspecified atom stereocenters. The molecular formula is C15H30N2O. The van der Waals surface area contributed by atoms with Crippen LogP contribution in [0.25, 0.3) is 0 Å². The van der Waals surface area contributed by atoms with Crippen LogP contribution in [0.2, 0.25) is 0 Å². The van der Waals surface area contributed by atoms with Crippen LogP contribution in [0.1, 0.15) is 65.2 Å². The van der Waals surface area contributed by atoms with Crippen molar-refractivity contribution in [3.63, 3.8) is 0 Å². The molecule has 1 amide bonds. The summed E-state index contributed by atoms with van der Waals surface area (Å²) >= 11 is 0. The summed E-state index contributed by atoms with van der Waals surface area (Å²) < 4.78 is 0. The maximum atomic E-state index is 12.2. The summed E-state index contributed by atoms with van der Waals surface area (Å²) in [5.74, 6) is 0.536. The first-order valence-electron chi connectivity index (χ1n) is 7.68. The summed E-state index contributed by atoms with van der Waals surface area (Å²) in [4.78, 5) is 12.2. The van der Waals surface area contributed by atoms with Crippen molar-refractivity contribution in [3.05, 3.63) is 0 Å². The molecule has 18 heavy (non-hydrogen) atoms. The molecule has 3 nitrogen and oxygen atoms in total. The Hall–Kier alpha value is -0.570. The number of rotatable bonds is 7. The van der Waals surface area contributed by atoms with Gasteiger partial charge in [-0.2, -0.15) is 0 Å². The van der Waals surface area contributed by atoms with E-state index in [2.05, 4.69) is 24.5 Å². The van der Waals surface area contributed by atoms with Crippen molar-refractivity contribution >= 4 is 5.91 Å². The molecule has 0 bridgehead atoms. The number of nitrogens with one attached hydrogen (secondary N) is 2. The number of carbonyl (C=O) groups excluding carboxylic acids is 1. The van der Waals surface area contributed by atoms with Crippen LogP contribution in [-0.2, 0) is 4.79 Å². The molecule has 0 aromatic rings. The number of hydrogen-bond donors (Lipinski definition) is 2. The van der Waals surface area contributed by atoms with Gasteiger partial charge in [0.1, 0.15) is 0 Å². The van der Waals surface area contributed by atoms with Gasteiger partial charge >= 0.3 is 0 Å². The van der Waals surface area contributed by atoms with E-state index < -0.39 is 0 Å². The smallest absolute Gasteiger partial charge is 0.223 e. The van der Waals surface area contributed by atoms with E-state index in [1.807, 2.05) is 7.05 Å². The summed E-state index contributed by atoms with van der Waals surface area (Å²) in [6, 6.07) is 1.07. The van der Waals surface area contributed by atoms with E-state index in [9.17, 15) is 4.79 Å². The fourth-order valence-electron chi connectivity index (χ4n) is 2.95. The lowest BCUT2D eigenvalue weighted by Crippen LogP contribution is -2.43. The maximum absolute atomic E-state index is 12.2. The van der Waals surface area contributed by atoms with Gasteiger partial charge in [-0.25, -0.2) is 0 Å². The zero-order chi connectivity index (χ0) is 13.4. The Balaban J connectivity index is 2.34. The molecule has 3 heteroatoms. The molecule has 1 aliphatic rings. The molecule has 0 aromatic carbocycles. The molecule has 0 aliphatic heterocycles. The Morgan fingerprint density at radius 2 is 1.56 bits per heavy atom. The summed E-state index contributed by atoms with van der Waals surface area (Å²) in [5.41, 5.74) is 0. The van der Waals surface area contributed by atoms with Crippen LogP contribution in [0.15, 0.2) is 0 Å². The van der Waals surface area contributed by atoms with Gasteiger partial charge in [0.15, 0.2) is 0 Å². The normalized spacial score (nSPS) is 24.2. The Morgan fingerprint density at radius 1 is 1.06 bits per heavy atom. The van der Waals surface area contributed by atoms with Crippen LogP contribution in [-0.4, -0.2) is 25.0 Å². The summed E-state index contributed by atoms with van der Waals surface area (Å²) in [6.07, 6.45) is 8.90. The van der Waals surface area contributed by atoms with Gasteiger partial charge in [-0.15, -0.1) is 0 Å². The minimum atomic E-state index is 0.238. The van der Waals surface area contributed by atoms with Gasteiger partial charge in [0.05, 0.1) is 0 Å². The van der Waals surface area contributed by atoms with Crippen molar-refractivity contribution in [1.82, 2.24) is 10.6 Å². The quantitative estimate of drug-likeness (QED) is 0.733. The van der Waals surface area contributed by atoms with Crippen molar-refractivity contribution in [2.24, 2.45) is 5.92 Å². The number of carbonyl (C=O) groups is 1. The average molecular weight is 254 g/mol. The lowest BCUT2D eigenvalue weighted by molar-refractivity contribution is -0.126. The van der Waals surface area contributed by atoms with Gasteiger partial charge in [-0.1, -0.05) is 26.7 Å². The monoisotopic (exact) mass is 254 g/mol. The van der Waals surface area contributed by atoms with E-state index in [1.165, 1.54) is 12.8 Å². The van der Waals surface area contributed by atoms with Crippen molar-refractivity contribution in [3.8, 4) is 0 Å². The second-order valence-corrected chi connectivity index (χ2v) is 5.62. The van der Waals surface area contributed by atoms with Crippen LogP contribution >= 0.6 is 0 Å². The molecule has 0 saturated heterocycles. The Morgan fingerprint density at radius 3 is 2.00 bits per heavy atom. The van der Waals surface area contributed by atoms with Crippen LogP contribution in [0.4, 0.5) is 0 Å². The van der Waals surface area contributed by atoms with Gasteiger partial charge in [0, 0.05) is 18.0 Å². The third kappa shape index (κ3) is 4.97. The first-order chi connectivity index (χ1) is 8.71. The van der Waals surface area contributed by atoms with Gasteiger partial charge in [-0.05, 0) is 45.6 Å². The molecule has 0 aromatic heterocycles. The van der Waals surface area contributed by atoms with Crippen molar-refractivity contribution < 1.29 is 4.79 Å². The highest BCUT2D eigenvalue weighted by atomic mass is 16.1. The Bertz CT molecular complexity index is 229. The number of amides is 1. The first kappa shape index (κ1) is 15.5. The molecule has 1 fully saturated rings. The predicted octanol–water partition coefficient (Wildman–Crippen LogP) is 2.85. The molecule has 2 N–H and O–H groups in total. The first-order valence-corrected chi connectivity index (χ1v) is 7.68. The van der Waals surface area contributed by atoms with Gasteiger partial charge < -0.3 is 10.6 Å². The van der Waals surface area contributed by atoms with E-state index in [-0.39, 0.29) is 5.92 Å². The van der Waals surface area contributed by atoms with E-state index in [0.717, 1.165) is 38.5 Å². The molecule has 0 atom stereocenters. The van der Waals surface area contributed by atoms with Crippen molar-refractivity contribution in [2.45, 2.75) is 77.3 Å². The topological polar surface area (TPSA) is 41.1 Å². The van der Waals surface area contributed by atoms with Crippen LogP contribution in [0.3, 0.4) is 0 Å². The third-order valence-electron chi connectivity index (χ3n) is 4.13.